The molecule has 0 amide bonds. The van der Waals surface area contributed by atoms with Gasteiger partial charge in [0, 0.05) is 19.3 Å². The van der Waals surface area contributed by atoms with E-state index in [9.17, 15) is 39.6 Å². The van der Waals surface area contributed by atoms with Crippen molar-refractivity contribution in [2.24, 2.45) is 28.0 Å². The lowest BCUT2D eigenvalue weighted by atomic mass is 9.76. The Hall–Kier alpha value is -2.52. The number of rotatable bonds is 10. The second kappa shape index (κ2) is 19.6. The summed E-state index contributed by atoms with van der Waals surface area (Å²) in [5.41, 5.74) is -1.03. The van der Waals surface area contributed by atoms with E-state index in [4.69, 9.17) is 10.2 Å². The summed E-state index contributed by atoms with van der Waals surface area (Å²) in [4.78, 5) is 47.0. The van der Waals surface area contributed by atoms with Crippen LogP contribution in [-0.4, -0.2) is 55.9 Å². The molecule has 0 spiro atoms. The number of carboxylic acids is 4. The van der Waals surface area contributed by atoms with Crippen LogP contribution in [0, 0.1) is 17.8 Å². The smallest absolute Gasteiger partial charge is 0.305 e. The van der Waals surface area contributed by atoms with Gasteiger partial charge in [-0.1, -0.05) is 57.8 Å². The molecule has 240 valence electrons. The van der Waals surface area contributed by atoms with E-state index in [0.717, 1.165) is 38.5 Å². The number of hydrogen-bond donors (Lipinski definition) is 4. The summed E-state index contributed by atoms with van der Waals surface area (Å²) in [6.07, 6.45) is 15.9. The molecule has 2 aliphatic carbocycles. The highest BCUT2D eigenvalue weighted by Gasteiger charge is 2.36. The van der Waals surface area contributed by atoms with Gasteiger partial charge in [-0.2, -0.15) is 10.2 Å². The van der Waals surface area contributed by atoms with E-state index in [-0.39, 0.29) is 49.5 Å². The van der Waals surface area contributed by atoms with Gasteiger partial charge in [-0.3, -0.25) is 19.2 Å². The lowest BCUT2D eigenvalue weighted by Gasteiger charge is -2.32. The maximum atomic E-state index is 12.2. The Bertz CT molecular complexity index is 833. The molecule has 10 nitrogen and oxygen atoms in total. The van der Waals surface area contributed by atoms with Gasteiger partial charge in [0.1, 0.15) is 0 Å². The fourth-order valence-corrected chi connectivity index (χ4v) is 6.85. The van der Waals surface area contributed by atoms with E-state index >= 15 is 0 Å². The van der Waals surface area contributed by atoms with Crippen molar-refractivity contribution >= 4 is 23.9 Å². The van der Waals surface area contributed by atoms with E-state index in [2.05, 4.69) is 0 Å². The average Bonchev–Trinajstić information content (AvgIpc) is 2.89. The Morgan fingerprint density at radius 3 is 1.21 bits per heavy atom. The summed E-state index contributed by atoms with van der Waals surface area (Å²) in [5.74, 6) is -4.37. The zero-order valence-corrected chi connectivity index (χ0v) is 25.4. The predicted octanol–water partition coefficient (Wildman–Crippen LogP) is 7.73. The molecule has 2 aliphatic rings. The summed E-state index contributed by atoms with van der Waals surface area (Å²) in [6, 6.07) is 0.0258. The Morgan fingerprint density at radius 2 is 0.857 bits per heavy atom. The molecule has 0 saturated heterocycles. The second-order valence-corrected chi connectivity index (χ2v) is 13.0. The van der Waals surface area contributed by atoms with Crippen LogP contribution in [0.15, 0.2) is 10.2 Å². The SMILES string of the molecule is O=C(O)CC1CCC(CC(=O)O)CCC(CC(=O)O)(N=NC2CCCCCCCCCCC2)CCC(CC(=O)O)CC1. The second-order valence-electron chi connectivity index (χ2n) is 13.0. The van der Waals surface area contributed by atoms with Crippen molar-refractivity contribution in [2.45, 2.75) is 159 Å². The van der Waals surface area contributed by atoms with E-state index in [1.807, 2.05) is 0 Å². The Balaban J connectivity index is 2.35. The molecule has 0 aromatic rings. The van der Waals surface area contributed by atoms with Crippen LogP contribution in [0.3, 0.4) is 0 Å². The third-order valence-electron chi connectivity index (χ3n) is 9.38. The summed E-state index contributed by atoms with van der Waals surface area (Å²) >= 11 is 0. The first kappa shape index (κ1) is 35.7. The van der Waals surface area contributed by atoms with Crippen molar-refractivity contribution in [3.05, 3.63) is 0 Å². The monoisotopic (exact) mass is 594 g/mol. The van der Waals surface area contributed by atoms with Crippen molar-refractivity contribution in [3.63, 3.8) is 0 Å². The van der Waals surface area contributed by atoms with Crippen LogP contribution in [-0.2, 0) is 19.2 Å². The number of carbonyl (C=O) groups is 4. The zero-order valence-electron chi connectivity index (χ0n) is 25.4. The van der Waals surface area contributed by atoms with Crippen LogP contribution in [0.4, 0.5) is 0 Å². The quantitative estimate of drug-likeness (QED) is 0.186. The van der Waals surface area contributed by atoms with Gasteiger partial charge in [0.15, 0.2) is 0 Å². The molecule has 2 rings (SSSR count). The van der Waals surface area contributed by atoms with E-state index in [0.29, 0.717) is 51.4 Å². The number of carboxylic acid groups (broad SMARTS) is 4. The van der Waals surface area contributed by atoms with Crippen LogP contribution >= 0.6 is 0 Å². The Kier molecular flexibility index (Phi) is 16.7. The molecule has 0 bridgehead atoms. The van der Waals surface area contributed by atoms with Crippen molar-refractivity contribution in [1.82, 2.24) is 0 Å². The van der Waals surface area contributed by atoms with Gasteiger partial charge in [0.2, 0.25) is 0 Å². The van der Waals surface area contributed by atoms with Crippen molar-refractivity contribution in [1.29, 1.82) is 0 Å². The van der Waals surface area contributed by atoms with Crippen molar-refractivity contribution in [3.8, 4) is 0 Å². The van der Waals surface area contributed by atoms with E-state index < -0.39 is 29.4 Å². The van der Waals surface area contributed by atoms with E-state index in [1.54, 1.807) is 0 Å². The van der Waals surface area contributed by atoms with Crippen LogP contribution in [0.2, 0.25) is 0 Å². The van der Waals surface area contributed by atoms with Gasteiger partial charge in [0.05, 0.1) is 18.0 Å². The van der Waals surface area contributed by atoms with Gasteiger partial charge in [-0.05, 0) is 82.0 Å². The summed E-state index contributed by atoms with van der Waals surface area (Å²) in [5, 5.41) is 48.2. The van der Waals surface area contributed by atoms with Crippen LogP contribution in [0.5, 0.6) is 0 Å². The highest BCUT2D eigenvalue weighted by Crippen LogP contribution is 2.38. The Labute approximate surface area is 250 Å². The molecule has 2 saturated carbocycles. The van der Waals surface area contributed by atoms with Gasteiger partial charge in [-0.25, -0.2) is 0 Å². The molecule has 10 heteroatoms. The minimum absolute atomic E-state index is 0.0258. The van der Waals surface area contributed by atoms with Gasteiger partial charge in [0.25, 0.3) is 0 Å². The average molecular weight is 595 g/mol. The van der Waals surface area contributed by atoms with Gasteiger partial charge < -0.3 is 20.4 Å². The molecule has 0 aromatic carbocycles. The lowest BCUT2D eigenvalue weighted by molar-refractivity contribution is -0.140. The van der Waals surface area contributed by atoms with Crippen molar-refractivity contribution in [2.75, 3.05) is 0 Å². The van der Waals surface area contributed by atoms with Gasteiger partial charge in [-0.15, -0.1) is 0 Å². The molecule has 0 heterocycles. The molecule has 2 fully saturated rings. The van der Waals surface area contributed by atoms with Crippen molar-refractivity contribution < 1.29 is 39.6 Å². The minimum Gasteiger partial charge on any atom is -0.481 e. The molecular formula is C32H54N2O8. The fourth-order valence-electron chi connectivity index (χ4n) is 6.85. The number of hydrogen-bond acceptors (Lipinski definition) is 6. The molecule has 2 unspecified atom stereocenters. The van der Waals surface area contributed by atoms with Gasteiger partial charge >= 0.3 is 23.9 Å². The largest absolute Gasteiger partial charge is 0.481 e. The highest BCUT2D eigenvalue weighted by molar-refractivity contribution is 5.69. The number of aliphatic carboxylic acids is 4. The maximum absolute atomic E-state index is 12.2. The molecule has 4 N–H and O–H groups in total. The third kappa shape index (κ3) is 15.6. The molecule has 0 radical (unpaired) electrons. The minimum atomic E-state index is -1.03. The number of azo groups is 1. The first-order chi connectivity index (χ1) is 20.1. The molecular weight excluding hydrogens is 540 g/mol. The summed E-state index contributed by atoms with van der Waals surface area (Å²) in [7, 11) is 0. The van der Waals surface area contributed by atoms with Crippen LogP contribution < -0.4 is 0 Å². The normalized spacial score (nSPS) is 28.4. The van der Waals surface area contributed by atoms with Crippen LogP contribution in [0.1, 0.15) is 148 Å². The standard InChI is InChI=1S/C32H54N2O8/c35-28(36)20-24-12-14-25(21-29(37)38)16-18-32(23-31(41)42,19-17-26(15-13-24)22-30(39)40)34-33-27-10-8-6-4-2-1-3-5-7-9-11-27/h24-27H,1-23H2,(H,35,36)(H,37,38)(H,39,40)(H,41,42). The third-order valence-corrected chi connectivity index (χ3v) is 9.38. The highest BCUT2D eigenvalue weighted by atomic mass is 16.4. The molecule has 42 heavy (non-hydrogen) atoms. The predicted molar refractivity (Wildman–Crippen MR) is 159 cm³/mol. The fraction of sp³-hybridized carbons (Fsp3) is 0.875. The van der Waals surface area contributed by atoms with Crippen LogP contribution in [0.25, 0.3) is 0 Å². The zero-order chi connectivity index (χ0) is 30.8. The Morgan fingerprint density at radius 1 is 0.500 bits per heavy atom. The molecule has 0 aromatic heterocycles. The molecule has 0 aliphatic heterocycles. The summed E-state index contributed by atoms with van der Waals surface area (Å²) in [6.45, 7) is 0. The van der Waals surface area contributed by atoms with E-state index in [1.165, 1.54) is 32.1 Å². The topological polar surface area (TPSA) is 174 Å². The summed E-state index contributed by atoms with van der Waals surface area (Å²) < 4.78 is 0. The number of nitrogens with zero attached hydrogens (tertiary/aromatic N) is 2. The molecule has 2 atom stereocenters. The first-order valence-electron chi connectivity index (χ1n) is 16.4. The maximum Gasteiger partial charge on any atom is 0.305 e. The first-order valence-corrected chi connectivity index (χ1v) is 16.4. The lowest BCUT2D eigenvalue weighted by Crippen LogP contribution is -2.32.